The Morgan fingerprint density at radius 3 is 2.48 bits per heavy atom. The number of aromatic nitrogens is 4. The Balaban J connectivity index is 1.45. The average molecular weight is 388 g/mol. The van der Waals surface area contributed by atoms with Crippen LogP contribution < -0.4 is 15.8 Å². The highest BCUT2D eigenvalue weighted by atomic mass is 16.5. The first kappa shape index (κ1) is 18.7. The second kappa shape index (κ2) is 8.60. The zero-order valence-electron chi connectivity index (χ0n) is 16.4. The number of hydrogen-bond acceptors (Lipinski definition) is 6. The van der Waals surface area contributed by atoms with E-state index in [0.29, 0.717) is 17.3 Å². The smallest absolute Gasteiger partial charge is 0.226 e. The number of ether oxygens (including phenoxy) is 1. The Hall–Kier alpha value is -3.61. The number of benzene rings is 2. The van der Waals surface area contributed by atoms with Crippen molar-refractivity contribution in [3.8, 4) is 5.75 Å². The number of nitrogens with zero attached hydrogens (tertiary/aromatic N) is 4. The normalized spacial score (nSPS) is 10.9. The van der Waals surface area contributed by atoms with Crippen molar-refractivity contribution in [3.63, 3.8) is 0 Å². The van der Waals surface area contributed by atoms with Crippen molar-refractivity contribution in [2.75, 3.05) is 24.7 Å². The maximum absolute atomic E-state index is 6.11. The van der Waals surface area contributed by atoms with Crippen LogP contribution in [-0.4, -0.2) is 33.2 Å². The summed E-state index contributed by atoms with van der Waals surface area (Å²) in [5.74, 6) is 1.77. The highest BCUT2D eigenvalue weighted by molar-refractivity contribution is 5.82. The molecular weight excluding hydrogens is 364 g/mol. The Morgan fingerprint density at radius 2 is 1.72 bits per heavy atom. The molecule has 0 radical (unpaired) electrons. The zero-order chi connectivity index (χ0) is 20.1. The molecule has 2 aromatic heterocycles. The number of methoxy groups -OCH3 is 1. The first-order chi connectivity index (χ1) is 14.2. The third-order valence-electron chi connectivity index (χ3n) is 4.83. The van der Waals surface area contributed by atoms with Gasteiger partial charge in [-0.15, -0.1) is 0 Å². The van der Waals surface area contributed by atoms with Gasteiger partial charge < -0.3 is 20.4 Å². The van der Waals surface area contributed by atoms with Crippen LogP contribution in [0.1, 0.15) is 11.1 Å². The molecule has 7 nitrogen and oxygen atoms in total. The van der Waals surface area contributed by atoms with Crippen LogP contribution >= 0.6 is 0 Å². The molecular formula is C22H24N6O. The predicted molar refractivity (Wildman–Crippen MR) is 115 cm³/mol. The standard InChI is InChI=1S/C22H24N6O/c1-29-18-9-7-17(8-10-18)12-14-28-15-25-19-20(23)26-22(27-21(19)28)24-13-11-16-5-3-2-4-6-16/h2-10,15H,11-14H2,1H3,(H3,23,24,26,27). The fourth-order valence-corrected chi connectivity index (χ4v) is 3.21. The summed E-state index contributed by atoms with van der Waals surface area (Å²) in [6, 6.07) is 18.4. The number of nitrogens with two attached hydrogens (primary N) is 1. The molecule has 0 amide bonds. The molecule has 0 bridgehead atoms. The second-order valence-corrected chi connectivity index (χ2v) is 6.80. The van der Waals surface area contributed by atoms with Crippen molar-refractivity contribution in [3.05, 3.63) is 72.1 Å². The second-order valence-electron chi connectivity index (χ2n) is 6.80. The average Bonchev–Trinajstić information content (AvgIpc) is 3.17. The fourth-order valence-electron chi connectivity index (χ4n) is 3.21. The topological polar surface area (TPSA) is 90.9 Å². The molecule has 4 aromatic rings. The minimum Gasteiger partial charge on any atom is -0.497 e. The fraction of sp³-hybridized carbons (Fsp3) is 0.227. The van der Waals surface area contributed by atoms with E-state index in [1.165, 1.54) is 11.1 Å². The van der Waals surface area contributed by atoms with Crippen LogP contribution in [0.15, 0.2) is 60.9 Å². The number of rotatable bonds is 8. The molecule has 0 unspecified atom stereocenters. The molecule has 148 valence electrons. The largest absolute Gasteiger partial charge is 0.497 e. The molecule has 0 aliphatic heterocycles. The summed E-state index contributed by atoms with van der Waals surface area (Å²) in [6.45, 7) is 1.48. The van der Waals surface area contributed by atoms with Crippen LogP contribution in [0.25, 0.3) is 11.2 Å². The van der Waals surface area contributed by atoms with Crippen molar-refractivity contribution < 1.29 is 4.74 Å². The van der Waals surface area contributed by atoms with E-state index < -0.39 is 0 Å². The number of nitrogen functional groups attached to an aromatic ring is 1. The number of fused-ring (bicyclic) bond motifs is 1. The highest BCUT2D eigenvalue weighted by Gasteiger charge is 2.11. The molecule has 7 heteroatoms. The minimum absolute atomic E-state index is 0.389. The predicted octanol–water partition coefficient (Wildman–Crippen LogP) is 3.31. The van der Waals surface area contributed by atoms with Gasteiger partial charge in [0.2, 0.25) is 5.95 Å². The van der Waals surface area contributed by atoms with Crippen molar-refractivity contribution >= 4 is 22.9 Å². The van der Waals surface area contributed by atoms with Gasteiger partial charge in [0.25, 0.3) is 0 Å². The van der Waals surface area contributed by atoms with Gasteiger partial charge in [-0.1, -0.05) is 42.5 Å². The molecule has 0 fully saturated rings. The van der Waals surface area contributed by atoms with Crippen molar-refractivity contribution in [2.45, 2.75) is 19.4 Å². The maximum Gasteiger partial charge on any atom is 0.226 e. The number of anilines is 2. The Kier molecular flexibility index (Phi) is 5.56. The lowest BCUT2D eigenvalue weighted by Gasteiger charge is -2.08. The van der Waals surface area contributed by atoms with E-state index in [-0.39, 0.29) is 0 Å². The van der Waals surface area contributed by atoms with Crippen molar-refractivity contribution in [1.29, 1.82) is 0 Å². The van der Waals surface area contributed by atoms with E-state index in [1.807, 2.05) is 34.9 Å². The van der Waals surface area contributed by atoms with E-state index in [0.717, 1.165) is 37.3 Å². The lowest BCUT2D eigenvalue weighted by atomic mass is 10.1. The summed E-state index contributed by atoms with van der Waals surface area (Å²) in [5.41, 5.74) is 9.97. The Labute approximate surface area is 169 Å². The lowest BCUT2D eigenvalue weighted by Crippen LogP contribution is -2.10. The molecule has 0 saturated carbocycles. The Morgan fingerprint density at radius 1 is 0.966 bits per heavy atom. The number of nitrogens with one attached hydrogen (secondary N) is 1. The van der Waals surface area contributed by atoms with Gasteiger partial charge in [0.15, 0.2) is 11.5 Å². The summed E-state index contributed by atoms with van der Waals surface area (Å²) < 4.78 is 7.22. The van der Waals surface area contributed by atoms with Gasteiger partial charge in [0.05, 0.1) is 13.4 Å². The molecule has 0 aliphatic carbocycles. The van der Waals surface area contributed by atoms with E-state index in [1.54, 1.807) is 13.4 Å². The third-order valence-corrected chi connectivity index (χ3v) is 4.83. The molecule has 4 rings (SSSR count). The summed E-state index contributed by atoms with van der Waals surface area (Å²) in [5, 5.41) is 3.27. The highest BCUT2D eigenvalue weighted by Crippen LogP contribution is 2.19. The Bertz CT molecular complexity index is 1080. The van der Waals surface area contributed by atoms with E-state index in [9.17, 15) is 0 Å². The SMILES string of the molecule is COc1ccc(CCn2cnc3c(N)nc(NCCc4ccccc4)nc32)cc1. The number of imidazole rings is 1. The maximum atomic E-state index is 6.11. The lowest BCUT2D eigenvalue weighted by molar-refractivity contribution is 0.414. The molecule has 0 aliphatic rings. The van der Waals surface area contributed by atoms with Crippen LogP contribution in [0, 0.1) is 0 Å². The summed E-state index contributed by atoms with van der Waals surface area (Å²) in [6.07, 6.45) is 3.52. The quantitative estimate of drug-likeness (QED) is 0.481. The van der Waals surface area contributed by atoms with Gasteiger partial charge in [-0.3, -0.25) is 0 Å². The first-order valence-corrected chi connectivity index (χ1v) is 9.62. The molecule has 0 saturated heterocycles. The van der Waals surface area contributed by atoms with Crippen molar-refractivity contribution in [1.82, 2.24) is 19.5 Å². The summed E-state index contributed by atoms with van der Waals surface area (Å²) >= 11 is 0. The van der Waals surface area contributed by atoms with Gasteiger partial charge in [-0.25, -0.2) is 4.98 Å². The van der Waals surface area contributed by atoms with Crippen LogP contribution in [-0.2, 0) is 19.4 Å². The van der Waals surface area contributed by atoms with E-state index >= 15 is 0 Å². The van der Waals surface area contributed by atoms with Gasteiger partial charge in [0.1, 0.15) is 11.3 Å². The van der Waals surface area contributed by atoms with Crippen LogP contribution in [0.2, 0.25) is 0 Å². The monoisotopic (exact) mass is 388 g/mol. The molecule has 29 heavy (non-hydrogen) atoms. The summed E-state index contributed by atoms with van der Waals surface area (Å²) in [4.78, 5) is 13.4. The van der Waals surface area contributed by atoms with Gasteiger partial charge >= 0.3 is 0 Å². The van der Waals surface area contributed by atoms with Crippen LogP contribution in [0.5, 0.6) is 5.75 Å². The number of hydrogen-bond donors (Lipinski definition) is 2. The minimum atomic E-state index is 0.389. The summed E-state index contributed by atoms with van der Waals surface area (Å²) in [7, 11) is 1.67. The third kappa shape index (κ3) is 4.45. The molecule has 2 aromatic carbocycles. The van der Waals surface area contributed by atoms with Gasteiger partial charge in [-0.05, 0) is 36.1 Å². The van der Waals surface area contributed by atoms with Crippen LogP contribution in [0.3, 0.4) is 0 Å². The van der Waals surface area contributed by atoms with Crippen LogP contribution in [0.4, 0.5) is 11.8 Å². The molecule has 0 spiro atoms. The molecule has 3 N–H and O–H groups in total. The van der Waals surface area contributed by atoms with Gasteiger partial charge in [0, 0.05) is 13.1 Å². The zero-order valence-corrected chi connectivity index (χ0v) is 16.4. The molecule has 0 atom stereocenters. The van der Waals surface area contributed by atoms with E-state index in [2.05, 4.69) is 44.5 Å². The first-order valence-electron chi connectivity index (χ1n) is 9.62. The van der Waals surface area contributed by atoms with E-state index in [4.69, 9.17) is 10.5 Å². The van der Waals surface area contributed by atoms with Crippen molar-refractivity contribution in [2.24, 2.45) is 0 Å². The molecule has 2 heterocycles. The van der Waals surface area contributed by atoms with Gasteiger partial charge in [-0.2, -0.15) is 9.97 Å². The number of aryl methyl sites for hydroxylation is 2.